The summed E-state index contributed by atoms with van der Waals surface area (Å²) in [6, 6.07) is 7.48. The number of para-hydroxylation sites is 2. The third-order valence-electron chi connectivity index (χ3n) is 4.82. The molecule has 1 atom stereocenters. The summed E-state index contributed by atoms with van der Waals surface area (Å²) in [4.78, 5) is 14.8. The number of amides is 1. The molecule has 0 aliphatic carbocycles. The molecule has 28 heavy (non-hydrogen) atoms. The van der Waals surface area contributed by atoms with Crippen LogP contribution in [0.25, 0.3) is 0 Å². The molecule has 1 aromatic carbocycles. The lowest BCUT2D eigenvalue weighted by molar-refractivity contribution is 0.00819. The molecule has 1 unspecified atom stereocenters. The summed E-state index contributed by atoms with van der Waals surface area (Å²) >= 11 is 0. The van der Waals surface area contributed by atoms with Gasteiger partial charge in [-0.15, -0.1) is 0 Å². The van der Waals surface area contributed by atoms with Crippen LogP contribution in [-0.4, -0.2) is 56.6 Å². The summed E-state index contributed by atoms with van der Waals surface area (Å²) in [5.74, 6) is 0.674. The average Bonchev–Trinajstić information content (AvgIpc) is 2.71. The molecule has 1 N–H and O–H groups in total. The largest absolute Gasteiger partial charge is 0.491 e. The molecule has 1 fully saturated rings. The van der Waals surface area contributed by atoms with Crippen molar-refractivity contribution in [1.29, 1.82) is 0 Å². The number of ether oxygens (including phenoxy) is 3. The van der Waals surface area contributed by atoms with Gasteiger partial charge >= 0.3 is 6.09 Å². The first-order valence-electron chi connectivity index (χ1n) is 10.7. The number of rotatable bonds is 12. The number of anilines is 1. The number of nitrogens with zero attached hydrogens (tertiary/aromatic N) is 1. The summed E-state index contributed by atoms with van der Waals surface area (Å²) < 4.78 is 17.0. The van der Waals surface area contributed by atoms with Gasteiger partial charge in [-0.3, -0.25) is 10.2 Å². The minimum absolute atomic E-state index is 0.282. The second-order valence-corrected chi connectivity index (χ2v) is 7.22. The molecule has 0 saturated carbocycles. The molecule has 1 aliphatic rings. The van der Waals surface area contributed by atoms with Gasteiger partial charge in [0.2, 0.25) is 0 Å². The fourth-order valence-electron chi connectivity index (χ4n) is 3.32. The van der Waals surface area contributed by atoms with Gasteiger partial charge in [0.05, 0.1) is 18.9 Å². The number of benzene rings is 1. The van der Waals surface area contributed by atoms with Crippen molar-refractivity contribution in [2.45, 2.75) is 58.5 Å². The highest BCUT2D eigenvalue weighted by molar-refractivity contribution is 5.86. The Hall–Kier alpha value is -1.79. The van der Waals surface area contributed by atoms with Gasteiger partial charge in [-0.25, -0.2) is 4.79 Å². The lowest BCUT2D eigenvalue weighted by atomic mass is 10.1. The first kappa shape index (κ1) is 22.5. The Kier molecular flexibility index (Phi) is 10.8. The lowest BCUT2D eigenvalue weighted by Gasteiger charge is -2.30. The van der Waals surface area contributed by atoms with E-state index in [0.29, 0.717) is 37.8 Å². The van der Waals surface area contributed by atoms with Crippen molar-refractivity contribution in [3.63, 3.8) is 0 Å². The topological polar surface area (TPSA) is 60.0 Å². The molecule has 0 radical (unpaired) electrons. The summed E-state index contributed by atoms with van der Waals surface area (Å²) in [5, 5.41) is 2.84. The number of hydrogen-bond acceptors (Lipinski definition) is 5. The molecular weight excluding hydrogens is 356 g/mol. The van der Waals surface area contributed by atoms with E-state index in [1.54, 1.807) is 0 Å². The van der Waals surface area contributed by atoms with Crippen LogP contribution < -0.4 is 10.1 Å². The van der Waals surface area contributed by atoms with Gasteiger partial charge in [0.1, 0.15) is 11.9 Å². The number of hydrogen-bond donors (Lipinski definition) is 1. The minimum atomic E-state index is -0.466. The quantitative estimate of drug-likeness (QED) is 0.523. The minimum Gasteiger partial charge on any atom is -0.491 e. The standard InChI is InChI=1S/C22H36N2O4/c1-3-5-11-16-27-21-13-8-7-12-20(21)23-22(25)28-19(18-26-4-2)17-24-14-9-6-10-15-24/h7-8,12-13,19H,3-6,9-11,14-18H2,1-2H3,(H,23,25). The molecule has 1 aliphatic heterocycles. The van der Waals surface area contributed by atoms with Crippen molar-refractivity contribution in [2.24, 2.45) is 0 Å². The first-order valence-corrected chi connectivity index (χ1v) is 10.7. The highest BCUT2D eigenvalue weighted by atomic mass is 16.6. The third kappa shape index (κ3) is 8.48. The van der Waals surface area contributed by atoms with Gasteiger partial charge < -0.3 is 14.2 Å². The fourth-order valence-corrected chi connectivity index (χ4v) is 3.32. The first-order chi connectivity index (χ1) is 13.7. The summed E-state index contributed by atoms with van der Waals surface area (Å²) in [6.07, 6.45) is 6.22. The van der Waals surface area contributed by atoms with E-state index < -0.39 is 6.09 Å². The Balaban J connectivity index is 1.88. The van der Waals surface area contributed by atoms with Gasteiger partial charge in [-0.2, -0.15) is 0 Å². The molecule has 0 aromatic heterocycles. The second kappa shape index (κ2) is 13.4. The number of nitrogens with one attached hydrogen (secondary N) is 1. The molecule has 1 heterocycles. The summed E-state index contributed by atoms with van der Waals surface area (Å²) in [7, 11) is 0. The van der Waals surface area contributed by atoms with Crippen molar-refractivity contribution in [3.05, 3.63) is 24.3 Å². The van der Waals surface area contributed by atoms with Crippen molar-refractivity contribution < 1.29 is 19.0 Å². The van der Waals surface area contributed by atoms with Crippen LogP contribution in [0.1, 0.15) is 52.4 Å². The van der Waals surface area contributed by atoms with Crippen LogP contribution in [0.4, 0.5) is 10.5 Å². The van der Waals surface area contributed by atoms with E-state index in [9.17, 15) is 4.79 Å². The van der Waals surface area contributed by atoms with Crippen LogP contribution >= 0.6 is 0 Å². The number of unbranched alkanes of at least 4 members (excludes halogenated alkanes) is 2. The van der Waals surface area contributed by atoms with Crippen molar-refractivity contribution in [2.75, 3.05) is 44.8 Å². The van der Waals surface area contributed by atoms with Crippen molar-refractivity contribution in [1.82, 2.24) is 4.90 Å². The number of piperidine rings is 1. The van der Waals surface area contributed by atoms with Crippen molar-refractivity contribution >= 4 is 11.8 Å². The fraction of sp³-hybridized carbons (Fsp3) is 0.682. The normalized spacial score (nSPS) is 15.8. The number of carbonyl (C=O) groups is 1. The van der Waals surface area contributed by atoms with Gasteiger partial charge in [0, 0.05) is 13.2 Å². The van der Waals surface area contributed by atoms with Gasteiger partial charge in [0.15, 0.2) is 0 Å². The molecule has 2 rings (SSSR count). The highest BCUT2D eigenvalue weighted by Crippen LogP contribution is 2.24. The Morgan fingerprint density at radius 2 is 1.93 bits per heavy atom. The molecule has 6 heteroatoms. The molecule has 1 aromatic rings. The molecule has 0 bridgehead atoms. The number of likely N-dealkylation sites (tertiary alicyclic amines) is 1. The van der Waals surface area contributed by atoms with Crippen LogP contribution in [0.3, 0.4) is 0 Å². The maximum Gasteiger partial charge on any atom is 0.412 e. The predicted molar refractivity (Wildman–Crippen MR) is 112 cm³/mol. The summed E-state index contributed by atoms with van der Waals surface area (Å²) in [6.45, 7) is 8.60. The van der Waals surface area contributed by atoms with Crippen LogP contribution in [0, 0.1) is 0 Å². The molecule has 6 nitrogen and oxygen atoms in total. The van der Waals surface area contributed by atoms with Crippen LogP contribution in [0.15, 0.2) is 24.3 Å². The van der Waals surface area contributed by atoms with Gasteiger partial charge in [-0.1, -0.05) is 38.3 Å². The van der Waals surface area contributed by atoms with E-state index in [2.05, 4.69) is 17.1 Å². The van der Waals surface area contributed by atoms with E-state index in [-0.39, 0.29) is 6.10 Å². The molecule has 0 spiro atoms. The molecule has 1 saturated heterocycles. The van der Waals surface area contributed by atoms with E-state index >= 15 is 0 Å². The van der Waals surface area contributed by atoms with Crippen LogP contribution in [0.2, 0.25) is 0 Å². The van der Waals surface area contributed by atoms with E-state index in [1.165, 1.54) is 19.3 Å². The zero-order chi connectivity index (χ0) is 20.0. The Labute approximate surface area is 169 Å². The Bertz CT molecular complexity index is 561. The zero-order valence-electron chi connectivity index (χ0n) is 17.5. The molecule has 1 amide bonds. The average molecular weight is 393 g/mol. The number of carbonyl (C=O) groups excluding carboxylic acids is 1. The summed E-state index contributed by atoms with van der Waals surface area (Å²) in [5.41, 5.74) is 0.636. The third-order valence-corrected chi connectivity index (χ3v) is 4.82. The highest BCUT2D eigenvalue weighted by Gasteiger charge is 2.21. The Morgan fingerprint density at radius 1 is 1.14 bits per heavy atom. The lowest BCUT2D eigenvalue weighted by Crippen LogP contribution is -2.41. The zero-order valence-corrected chi connectivity index (χ0v) is 17.5. The van der Waals surface area contributed by atoms with E-state index in [0.717, 1.165) is 32.4 Å². The second-order valence-electron chi connectivity index (χ2n) is 7.22. The SMILES string of the molecule is CCCCCOc1ccccc1NC(=O)OC(COCC)CN1CCCCC1. The predicted octanol–water partition coefficient (Wildman–Crippen LogP) is 4.70. The molecular formula is C22H36N2O4. The van der Waals surface area contributed by atoms with E-state index in [1.807, 2.05) is 31.2 Å². The monoisotopic (exact) mass is 392 g/mol. The van der Waals surface area contributed by atoms with Gasteiger partial charge in [-0.05, 0) is 51.4 Å². The maximum absolute atomic E-state index is 12.5. The maximum atomic E-state index is 12.5. The Morgan fingerprint density at radius 3 is 2.68 bits per heavy atom. The smallest absolute Gasteiger partial charge is 0.412 e. The van der Waals surface area contributed by atoms with Crippen molar-refractivity contribution in [3.8, 4) is 5.75 Å². The molecule has 158 valence electrons. The van der Waals surface area contributed by atoms with Gasteiger partial charge in [0.25, 0.3) is 0 Å². The van der Waals surface area contributed by atoms with E-state index in [4.69, 9.17) is 14.2 Å². The van der Waals surface area contributed by atoms with Crippen LogP contribution in [-0.2, 0) is 9.47 Å². The van der Waals surface area contributed by atoms with Crippen LogP contribution in [0.5, 0.6) is 5.75 Å².